The lowest BCUT2D eigenvalue weighted by Crippen LogP contribution is -2.05. The summed E-state index contributed by atoms with van der Waals surface area (Å²) in [6, 6.07) is 6.31. The fourth-order valence-corrected chi connectivity index (χ4v) is 3.70. The van der Waals surface area contributed by atoms with E-state index in [0.717, 1.165) is 11.3 Å². The number of nitrogen functional groups attached to an aromatic ring is 1. The Bertz CT molecular complexity index is 927. The molecule has 0 bridgehead atoms. The first kappa shape index (κ1) is 16.7. The third-order valence-electron chi connectivity index (χ3n) is 3.34. The summed E-state index contributed by atoms with van der Waals surface area (Å²) in [5, 5.41) is 0.961. The van der Waals surface area contributed by atoms with Crippen molar-refractivity contribution in [2.24, 2.45) is 0 Å². The number of esters is 1. The predicted molar refractivity (Wildman–Crippen MR) is 95.0 cm³/mol. The number of hydrogen-bond acceptors (Lipinski definition) is 7. The Kier molecular flexibility index (Phi) is 4.68. The van der Waals surface area contributed by atoms with Gasteiger partial charge < -0.3 is 10.5 Å². The Hall–Kier alpha value is -2.19. The van der Waals surface area contributed by atoms with Gasteiger partial charge in [-0.1, -0.05) is 23.9 Å². The molecular formula is C16H14FN3O2S2. The van der Waals surface area contributed by atoms with Gasteiger partial charge in [0, 0.05) is 5.56 Å². The maximum Gasteiger partial charge on any atom is 0.350 e. The largest absolute Gasteiger partial charge is 0.462 e. The number of thioether (sulfide) groups is 1. The zero-order chi connectivity index (χ0) is 17.3. The summed E-state index contributed by atoms with van der Waals surface area (Å²) >= 11 is 2.47. The second-order valence-electron chi connectivity index (χ2n) is 4.78. The number of aromatic nitrogens is 2. The lowest BCUT2D eigenvalue weighted by molar-refractivity contribution is 0.0533. The molecule has 0 aliphatic carbocycles. The molecule has 3 aromatic rings. The maximum atomic E-state index is 14.3. The van der Waals surface area contributed by atoms with Crippen LogP contribution in [0.2, 0.25) is 0 Å². The van der Waals surface area contributed by atoms with Gasteiger partial charge in [-0.2, -0.15) is 0 Å². The van der Waals surface area contributed by atoms with Gasteiger partial charge in [-0.15, -0.1) is 11.3 Å². The third-order valence-corrected chi connectivity index (χ3v) is 4.97. The molecule has 0 radical (unpaired) electrons. The molecule has 0 fully saturated rings. The minimum Gasteiger partial charge on any atom is -0.462 e. The van der Waals surface area contributed by atoms with Crippen molar-refractivity contribution in [2.45, 2.75) is 12.1 Å². The lowest BCUT2D eigenvalue weighted by Gasteiger charge is -2.07. The van der Waals surface area contributed by atoms with Gasteiger partial charge in [0.25, 0.3) is 0 Å². The number of carbonyl (C=O) groups excluding carboxylic acids is 1. The average molecular weight is 363 g/mol. The van der Waals surface area contributed by atoms with Crippen LogP contribution >= 0.6 is 23.1 Å². The molecule has 2 aromatic heterocycles. The Balaban J connectivity index is 2.32. The fraction of sp³-hybridized carbons (Fsp3) is 0.188. The molecule has 0 aliphatic heterocycles. The molecule has 0 atom stereocenters. The van der Waals surface area contributed by atoms with Crippen LogP contribution in [0.3, 0.4) is 0 Å². The van der Waals surface area contributed by atoms with Crippen LogP contribution in [0.4, 0.5) is 10.1 Å². The van der Waals surface area contributed by atoms with Gasteiger partial charge in [0.2, 0.25) is 0 Å². The van der Waals surface area contributed by atoms with Crippen molar-refractivity contribution in [2.75, 3.05) is 18.6 Å². The second kappa shape index (κ2) is 6.74. The van der Waals surface area contributed by atoms with Crippen LogP contribution in [0.25, 0.3) is 21.5 Å². The smallest absolute Gasteiger partial charge is 0.350 e. The molecule has 0 saturated carbocycles. The van der Waals surface area contributed by atoms with E-state index in [2.05, 4.69) is 9.97 Å². The molecule has 2 N–H and O–H groups in total. The van der Waals surface area contributed by atoms with Crippen LogP contribution in [0.1, 0.15) is 16.6 Å². The summed E-state index contributed by atoms with van der Waals surface area (Å²) in [7, 11) is 0. The molecule has 0 saturated heterocycles. The number of fused-ring (bicyclic) bond motifs is 1. The highest BCUT2D eigenvalue weighted by atomic mass is 32.2. The highest BCUT2D eigenvalue weighted by Gasteiger charge is 2.23. The first-order chi connectivity index (χ1) is 11.6. The lowest BCUT2D eigenvalue weighted by atomic mass is 10.1. The van der Waals surface area contributed by atoms with E-state index in [1.54, 1.807) is 25.1 Å². The predicted octanol–water partition coefficient (Wildman–Crippen LogP) is 3.98. The molecule has 5 nitrogen and oxygen atoms in total. The number of thiophene rings is 1. The zero-order valence-corrected chi connectivity index (χ0v) is 14.6. The number of hydrogen-bond donors (Lipinski definition) is 1. The first-order valence-corrected chi connectivity index (χ1v) is 9.17. The number of benzene rings is 1. The van der Waals surface area contributed by atoms with Crippen molar-refractivity contribution in [3.8, 4) is 11.3 Å². The van der Waals surface area contributed by atoms with Gasteiger partial charge in [0.05, 0.1) is 23.4 Å². The Morgan fingerprint density at radius 2 is 2.12 bits per heavy atom. The Labute approximate surface area is 146 Å². The average Bonchev–Trinajstić information content (AvgIpc) is 2.92. The number of rotatable bonds is 4. The third kappa shape index (κ3) is 2.83. The quantitative estimate of drug-likeness (QED) is 0.429. The molecule has 3 rings (SSSR count). The molecule has 8 heteroatoms. The SMILES string of the molecule is CCOC(=O)c1sc2nc(SC)nc(-c3ccccc3F)c2c1N. The van der Waals surface area contributed by atoms with Crippen LogP contribution in [0, 0.1) is 5.82 Å². The Morgan fingerprint density at radius 1 is 1.38 bits per heavy atom. The summed E-state index contributed by atoms with van der Waals surface area (Å²) < 4.78 is 19.3. The zero-order valence-electron chi connectivity index (χ0n) is 13.0. The van der Waals surface area contributed by atoms with E-state index in [9.17, 15) is 9.18 Å². The number of anilines is 1. The number of nitrogens with zero attached hydrogens (tertiary/aromatic N) is 2. The molecule has 124 valence electrons. The molecule has 0 unspecified atom stereocenters. The van der Waals surface area contributed by atoms with E-state index in [1.165, 1.54) is 17.8 Å². The van der Waals surface area contributed by atoms with Gasteiger partial charge >= 0.3 is 5.97 Å². The van der Waals surface area contributed by atoms with E-state index in [0.29, 0.717) is 26.6 Å². The molecule has 0 spiro atoms. The summed E-state index contributed by atoms with van der Waals surface area (Å²) in [4.78, 5) is 21.7. The number of halogens is 1. The number of carbonyl (C=O) groups is 1. The monoisotopic (exact) mass is 363 g/mol. The van der Waals surface area contributed by atoms with Crippen LogP contribution in [-0.4, -0.2) is 28.8 Å². The topological polar surface area (TPSA) is 78.1 Å². The van der Waals surface area contributed by atoms with Crippen molar-refractivity contribution in [1.29, 1.82) is 0 Å². The summed E-state index contributed by atoms with van der Waals surface area (Å²) in [5.41, 5.74) is 7.07. The van der Waals surface area contributed by atoms with E-state index in [1.807, 2.05) is 6.26 Å². The van der Waals surface area contributed by atoms with Gasteiger partial charge in [0.1, 0.15) is 15.5 Å². The van der Waals surface area contributed by atoms with Crippen LogP contribution in [0.15, 0.2) is 29.4 Å². The molecule has 2 heterocycles. The second-order valence-corrected chi connectivity index (χ2v) is 6.56. The van der Waals surface area contributed by atoms with Crippen molar-refractivity contribution in [1.82, 2.24) is 9.97 Å². The highest BCUT2D eigenvalue weighted by Crippen LogP contribution is 2.40. The van der Waals surface area contributed by atoms with E-state index >= 15 is 0 Å². The number of ether oxygens (including phenoxy) is 1. The van der Waals surface area contributed by atoms with Crippen LogP contribution in [0.5, 0.6) is 0 Å². The summed E-state index contributed by atoms with van der Waals surface area (Å²) in [6.45, 7) is 1.96. The van der Waals surface area contributed by atoms with Gasteiger partial charge in [-0.25, -0.2) is 19.2 Å². The number of nitrogens with two attached hydrogens (primary N) is 1. The van der Waals surface area contributed by atoms with Gasteiger partial charge in [0.15, 0.2) is 5.16 Å². The molecule has 1 aromatic carbocycles. The minimum absolute atomic E-state index is 0.222. The Morgan fingerprint density at radius 3 is 2.79 bits per heavy atom. The molecule has 0 aliphatic rings. The summed E-state index contributed by atoms with van der Waals surface area (Å²) in [6.07, 6.45) is 1.83. The maximum absolute atomic E-state index is 14.3. The minimum atomic E-state index is -0.511. The standard InChI is InChI=1S/C16H14FN3O2S2/c1-3-22-15(21)13-11(18)10-12(8-6-4-5-7-9(8)17)19-16(23-2)20-14(10)24-13/h4-7H,3,18H2,1-2H3. The fourth-order valence-electron chi connectivity index (χ4n) is 2.29. The van der Waals surface area contributed by atoms with Crippen LogP contribution < -0.4 is 5.73 Å². The van der Waals surface area contributed by atoms with Crippen molar-refractivity contribution < 1.29 is 13.9 Å². The molecule has 24 heavy (non-hydrogen) atoms. The molecular weight excluding hydrogens is 349 g/mol. The van der Waals surface area contributed by atoms with E-state index in [-0.39, 0.29) is 17.2 Å². The normalized spacial score (nSPS) is 11.0. The van der Waals surface area contributed by atoms with Crippen molar-refractivity contribution in [3.63, 3.8) is 0 Å². The van der Waals surface area contributed by atoms with Crippen LogP contribution in [-0.2, 0) is 4.74 Å². The highest BCUT2D eigenvalue weighted by molar-refractivity contribution is 7.98. The van der Waals surface area contributed by atoms with Crippen molar-refractivity contribution >= 4 is 45.0 Å². The van der Waals surface area contributed by atoms with E-state index < -0.39 is 11.8 Å². The molecule has 0 amide bonds. The first-order valence-electron chi connectivity index (χ1n) is 7.12. The van der Waals surface area contributed by atoms with Gasteiger partial charge in [-0.05, 0) is 25.3 Å². The van der Waals surface area contributed by atoms with Crippen molar-refractivity contribution in [3.05, 3.63) is 35.0 Å². The van der Waals surface area contributed by atoms with E-state index in [4.69, 9.17) is 10.5 Å². The summed E-state index contributed by atoms with van der Waals surface area (Å²) in [5.74, 6) is -0.920. The van der Waals surface area contributed by atoms with Gasteiger partial charge in [-0.3, -0.25) is 0 Å².